The fourth-order valence-corrected chi connectivity index (χ4v) is 2.64. The van der Waals surface area contributed by atoms with Crippen LogP contribution >= 0.6 is 0 Å². The molecule has 0 radical (unpaired) electrons. The van der Waals surface area contributed by atoms with Crippen LogP contribution in [0.5, 0.6) is 0 Å². The molecule has 0 aliphatic carbocycles. The second-order valence-electron chi connectivity index (χ2n) is 5.21. The van der Waals surface area contributed by atoms with Gasteiger partial charge in [-0.3, -0.25) is 9.80 Å². The molecule has 2 heterocycles. The summed E-state index contributed by atoms with van der Waals surface area (Å²) in [5.74, 6) is 0.654. The third kappa shape index (κ3) is 4.82. The van der Waals surface area contributed by atoms with Crippen LogP contribution in [0.25, 0.3) is 0 Å². The number of morpholine rings is 1. The van der Waals surface area contributed by atoms with Crippen LogP contribution in [0.2, 0.25) is 0 Å². The smallest absolute Gasteiger partial charge is 0.0594 e. The Kier molecular flexibility index (Phi) is 6.37. The molecule has 2 aliphatic rings. The Bertz CT molecular complexity index is 216. The van der Waals surface area contributed by atoms with Crippen molar-refractivity contribution in [3.8, 4) is 0 Å². The summed E-state index contributed by atoms with van der Waals surface area (Å²) in [4.78, 5) is 4.81. The van der Waals surface area contributed by atoms with Crippen molar-refractivity contribution in [2.75, 3.05) is 72.3 Å². The number of hydrogen-bond donors (Lipinski definition) is 1. The van der Waals surface area contributed by atoms with Crippen molar-refractivity contribution in [1.82, 2.24) is 9.80 Å². The van der Waals surface area contributed by atoms with Crippen molar-refractivity contribution in [2.24, 2.45) is 5.92 Å². The Morgan fingerprint density at radius 2 is 1.94 bits per heavy atom. The summed E-state index contributed by atoms with van der Waals surface area (Å²) in [7, 11) is 0. The van der Waals surface area contributed by atoms with Gasteiger partial charge in [0, 0.05) is 45.9 Å². The van der Waals surface area contributed by atoms with Crippen LogP contribution in [0.3, 0.4) is 0 Å². The molecule has 2 aliphatic heterocycles. The fourth-order valence-electron chi connectivity index (χ4n) is 2.64. The molecule has 106 valence electrons. The number of rotatable bonds is 7. The maximum absolute atomic E-state index is 9.14. The fraction of sp³-hybridized carbons (Fsp3) is 1.00. The maximum atomic E-state index is 9.14. The molecule has 0 spiro atoms. The van der Waals surface area contributed by atoms with Crippen LogP contribution in [0.4, 0.5) is 0 Å². The topological polar surface area (TPSA) is 45.2 Å². The molecule has 1 atom stereocenters. The van der Waals surface area contributed by atoms with Crippen molar-refractivity contribution < 1.29 is 14.6 Å². The standard InChI is InChI=1S/C13H26N2O3/c16-7-4-15(11-13-1-8-18-12-13)3-2-14-5-9-17-10-6-14/h13,16H,1-12H2. The molecule has 0 saturated carbocycles. The Hall–Kier alpha value is -0.200. The van der Waals surface area contributed by atoms with Gasteiger partial charge in [0.1, 0.15) is 0 Å². The Labute approximate surface area is 110 Å². The summed E-state index contributed by atoms with van der Waals surface area (Å²) in [6.07, 6.45) is 1.17. The first-order valence-corrected chi connectivity index (χ1v) is 7.09. The monoisotopic (exact) mass is 258 g/mol. The third-order valence-electron chi connectivity index (χ3n) is 3.79. The molecule has 1 unspecified atom stereocenters. The lowest BCUT2D eigenvalue weighted by molar-refractivity contribution is 0.0314. The van der Waals surface area contributed by atoms with E-state index in [1.165, 1.54) is 6.42 Å². The molecule has 0 amide bonds. The minimum absolute atomic E-state index is 0.247. The zero-order chi connectivity index (χ0) is 12.6. The molecule has 0 bridgehead atoms. The van der Waals surface area contributed by atoms with Crippen molar-refractivity contribution in [1.29, 1.82) is 0 Å². The van der Waals surface area contributed by atoms with Crippen LogP contribution in [0.15, 0.2) is 0 Å². The van der Waals surface area contributed by atoms with Crippen molar-refractivity contribution in [3.63, 3.8) is 0 Å². The van der Waals surface area contributed by atoms with Crippen LogP contribution in [-0.4, -0.2) is 87.2 Å². The van der Waals surface area contributed by atoms with Gasteiger partial charge in [-0.05, 0) is 12.3 Å². The van der Waals surface area contributed by atoms with E-state index < -0.39 is 0 Å². The molecule has 18 heavy (non-hydrogen) atoms. The average Bonchev–Trinajstić information content (AvgIpc) is 2.90. The van der Waals surface area contributed by atoms with Crippen LogP contribution in [-0.2, 0) is 9.47 Å². The molecule has 2 fully saturated rings. The van der Waals surface area contributed by atoms with E-state index in [9.17, 15) is 0 Å². The van der Waals surface area contributed by atoms with Crippen LogP contribution < -0.4 is 0 Å². The highest BCUT2D eigenvalue weighted by Gasteiger charge is 2.19. The zero-order valence-electron chi connectivity index (χ0n) is 11.2. The van der Waals surface area contributed by atoms with E-state index in [4.69, 9.17) is 14.6 Å². The number of ether oxygens (including phenoxy) is 2. The summed E-state index contributed by atoms with van der Waals surface area (Å²) in [5, 5.41) is 9.14. The van der Waals surface area contributed by atoms with Crippen LogP contribution in [0.1, 0.15) is 6.42 Å². The molecule has 1 N–H and O–H groups in total. The number of hydrogen-bond acceptors (Lipinski definition) is 5. The van der Waals surface area contributed by atoms with Gasteiger partial charge in [-0.2, -0.15) is 0 Å². The SMILES string of the molecule is OCCN(CCN1CCOCC1)CC1CCOC1. The minimum atomic E-state index is 0.247. The molecule has 5 heteroatoms. The average molecular weight is 258 g/mol. The van der Waals surface area contributed by atoms with E-state index in [-0.39, 0.29) is 6.61 Å². The highest BCUT2D eigenvalue weighted by Crippen LogP contribution is 2.13. The Morgan fingerprint density at radius 3 is 2.61 bits per heavy atom. The normalized spacial score (nSPS) is 26.0. The zero-order valence-corrected chi connectivity index (χ0v) is 11.2. The summed E-state index contributed by atoms with van der Waals surface area (Å²) >= 11 is 0. The summed E-state index contributed by atoms with van der Waals surface area (Å²) in [6.45, 7) is 9.79. The molecule has 2 saturated heterocycles. The minimum Gasteiger partial charge on any atom is -0.395 e. The second-order valence-corrected chi connectivity index (χ2v) is 5.21. The van der Waals surface area contributed by atoms with Crippen molar-refractivity contribution in [2.45, 2.75) is 6.42 Å². The first-order chi connectivity index (χ1) is 8.88. The van der Waals surface area contributed by atoms with Gasteiger partial charge in [0.05, 0.1) is 26.4 Å². The quantitative estimate of drug-likeness (QED) is 0.676. The maximum Gasteiger partial charge on any atom is 0.0594 e. The van der Waals surface area contributed by atoms with Crippen molar-refractivity contribution in [3.05, 3.63) is 0 Å². The van der Waals surface area contributed by atoms with E-state index in [2.05, 4.69) is 9.80 Å². The molecule has 2 rings (SSSR count). The number of nitrogens with zero attached hydrogens (tertiary/aromatic N) is 2. The first kappa shape index (κ1) is 14.2. The first-order valence-electron chi connectivity index (χ1n) is 7.09. The van der Waals surface area contributed by atoms with Crippen LogP contribution in [0, 0.1) is 5.92 Å². The Balaban J connectivity index is 1.67. The predicted molar refractivity (Wildman–Crippen MR) is 69.7 cm³/mol. The lowest BCUT2D eigenvalue weighted by Gasteiger charge is -2.30. The summed E-state index contributed by atoms with van der Waals surface area (Å²) in [5.41, 5.74) is 0. The number of aliphatic hydroxyl groups is 1. The van der Waals surface area contributed by atoms with E-state index in [0.717, 1.165) is 65.7 Å². The molecule has 0 aromatic carbocycles. The Morgan fingerprint density at radius 1 is 1.11 bits per heavy atom. The van der Waals surface area contributed by atoms with Gasteiger partial charge in [0.15, 0.2) is 0 Å². The molecular weight excluding hydrogens is 232 g/mol. The number of aliphatic hydroxyl groups excluding tert-OH is 1. The van der Waals surface area contributed by atoms with Gasteiger partial charge >= 0.3 is 0 Å². The lowest BCUT2D eigenvalue weighted by Crippen LogP contribution is -2.43. The largest absolute Gasteiger partial charge is 0.395 e. The van der Waals surface area contributed by atoms with Gasteiger partial charge in [-0.25, -0.2) is 0 Å². The molecule has 5 nitrogen and oxygen atoms in total. The van der Waals surface area contributed by atoms with E-state index in [0.29, 0.717) is 5.92 Å². The molecule has 0 aromatic rings. The van der Waals surface area contributed by atoms with Gasteiger partial charge in [-0.15, -0.1) is 0 Å². The van der Waals surface area contributed by atoms with Gasteiger partial charge < -0.3 is 14.6 Å². The highest BCUT2D eigenvalue weighted by atomic mass is 16.5. The van der Waals surface area contributed by atoms with Gasteiger partial charge in [-0.1, -0.05) is 0 Å². The third-order valence-corrected chi connectivity index (χ3v) is 3.79. The molecule has 0 aromatic heterocycles. The van der Waals surface area contributed by atoms with E-state index in [1.54, 1.807) is 0 Å². The molecular formula is C13H26N2O3. The van der Waals surface area contributed by atoms with Gasteiger partial charge in [0.25, 0.3) is 0 Å². The highest BCUT2D eigenvalue weighted by molar-refractivity contribution is 4.72. The van der Waals surface area contributed by atoms with Crippen molar-refractivity contribution >= 4 is 0 Å². The van der Waals surface area contributed by atoms with E-state index >= 15 is 0 Å². The second kappa shape index (κ2) is 8.07. The summed E-state index contributed by atoms with van der Waals surface area (Å²) < 4.78 is 10.8. The van der Waals surface area contributed by atoms with E-state index in [1.807, 2.05) is 0 Å². The lowest BCUT2D eigenvalue weighted by atomic mass is 10.1. The predicted octanol–water partition coefficient (Wildman–Crippen LogP) is -0.351. The van der Waals surface area contributed by atoms with Gasteiger partial charge in [0.2, 0.25) is 0 Å². The summed E-state index contributed by atoms with van der Waals surface area (Å²) in [6, 6.07) is 0.